The highest BCUT2D eigenvalue weighted by Gasteiger charge is 2.33. The van der Waals surface area contributed by atoms with Crippen LogP contribution >= 0.6 is 0 Å². The summed E-state index contributed by atoms with van der Waals surface area (Å²) in [6.07, 6.45) is -2.66. The summed E-state index contributed by atoms with van der Waals surface area (Å²) in [4.78, 5) is 22.6. The Morgan fingerprint density at radius 2 is 1.83 bits per heavy atom. The van der Waals surface area contributed by atoms with E-state index in [0.29, 0.717) is 28.0 Å². The van der Waals surface area contributed by atoms with Gasteiger partial charge < -0.3 is 15.0 Å². The fourth-order valence-electron chi connectivity index (χ4n) is 3.46. The summed E-state index contributed by atoms with van der Waals surface area (Å²) < 4.78 is 40.1. The van der Waals surface area contributed by atoms with Gasteiger partial charge in [0.05, 0.1) is 11.3 Å². The van der Waals surface area contributed by atoms with Gasteiger partial charge in [-0.15, -0.1) is 0 Å². The molecule has 35 heavy (non-hydrogen) atoms. The number of alkyl halides is 3. The zero-order valence-electron chi connectivity index (χ0n) is 20.9. The zero-order chi connectivity index (χ0) is 26.2. The van der Waals surface area contributed by atoms with Gasteiger partial charge in [-0.05, 0) is 67.5 Å². The van der Waals surface area contributed by atoms with Crippen LogP contribution < -0.4 is 5.32 Å². The van der Waals surface area contributed by atoms with Gasteiger partial charge in [-0.2, -0.15) is 13.2 Å². The summed E-state index contributed by atoms with van der Waals surface area (Å²) in [6, 6.07) is 9.38. The minimum atomic E-state index is -4.44. The predicted octanol–water partition coefficient (Wildman–Crippen LogP) is 5.95. The van der Waals surface area contributed by atoms with Crippen molar-refractivity contribution in [3.63, 3.8) is 0 Å². The second-order valence-corrected chi connectivity index (χ2v) is 7.87. The van der Waals surface area contributed by atoms with Crippen molar-refractivity contribution in [2.75, 3.05) is 14.2 Å². The number of oxime groups is 2. The molecule has 0 atom stereocenters. The third kappa shape index (κ3) is 7.31. The Labute approximate surface area is 204 Å². The SMILES string of the molecule is CC.CNC(=O)/C(=N/OC)c1cccc(C)c1CO/N=C(\C)c1cc(C2CC2)cc(C(F)(F)F)c1. The van der Waals surface area contributed by atoms with Crippen molar-refractivity contribution >= 4 is 17.3 Å². The molecule has 1 amide bonds. The first-order valence-electron chi connectivity index (χ1n) is 11.5. The topological polar surface area (TPSA) is 72.3 Å². The van der Waals surface area contributed by atoms with Crippen LogP contribution in [0.15, 0.2) is 46.7 Å². The number of nitrogens with zero attached hydrogens (tertiary/aromatic N) is 2. The lowest BCUT2D eigenvalue weighted by Crippen LogP contribution is -2.29. The first-order chi connectivity index (χ1) is 16.7. The molecule has 0 unspecified atom stereocenters. The number of hydrogen-bond donors (Lipinski definition) is 1. The van der Waals surface area contributed by atoms with Crippen molar-refractivity contribution in [3.05, 3.63) is 69.8 Å². The highest BCUT2D eigenvalue weighted by Crippen LogP contribution is 2.42. The Bertz CT molecular complexity index is 1090. The minimum absolute atomic E-state index is 0.00643. The molecule has 0 radical (unpaired) electrons. The Morgan fingerprint density at radius 1 is 1.14 bits per heavy atom. The van der Waals surface area contributed by atoms with Crippen LogP contribution in [-0.2, 0) is 27.3 Å². The summed E-state index contributed by atoms with van der Waals surface area (Å²) in [7, 11) is 2.83. The third-order valence-corrected chi connectivity index (χ3v) is 5.45. The number of halogens is 3. The van der Waals surface area contributed by atoms with Crippen LogP contribution in [0.25, 0.3) is 0 Å². The minimum Gasteiger partial charge on any atom is -0.398 e. The molecular formula is C26H32F3N3O3. The monoisotopic (exact) mass is 491 g/mol. The van der Waals surface area contributed by atoms with Crippen LogP contribution in [0.3, 0.4) is 0 Å². The van der Waals surface area contributed by atoms with E-state index in [0.717, 1.165) is 24.5 Å². The van der Waals surface area contributed by atoms with Crippen LogP contribution in [0.2, 0.25) is 0 Å². The number of rotatable bonds is 8. The van der Waals surface area contributed by atoms with Crippen LogP contribution in [-0.4, -0.2) is 31.5 Å². The molecule has 190 valence electrons. The standard InChI is InChI=1S/C24H26F3N3O3.C2H6/c1-14-6-5-7-20(22(30-32-4)23(31)28-3)21(14)13-33-29-15(2)17-10-18(16-8-9-16)12-19(11-17)24(25,26)27;1-2/h5-7,10-12,16H,8-9,13H2,1-4H3,(H,28,31);1-2H3/b29-15+,30-22+;. The molecule has 1 aliphatic rings. The molecule has 1 fully saturated rings. The highest BCUT2D eigenvalue weighted by atomic mass is 19.4. The summed E-state index contributed by atoms with van der Waals surface area (Å²) in [5, 5.41) is 10.4. The van der Waals surface area contributed by atoms with Crippen molar-refractivity contribution in [2.45, 2.75) is 59.2 Å². The second kappa shape index (κ2) is 12.4. The van der Waals surface area contributed by atoms with E-state index in [4.69, 9.17) is 9.68 Å². The van der Waals surface area contributed by atoms with Gasteiger partial charge in [-0.25, -0.2) is 0 Å². The molecule has 1 aliphatic carbocycles. The molecule has 6 nitrogen and oxygen atoms in total. The molecular weight excluding hydrogens is 459 g/mol. The number of benzene rings is 2. The van der Waals surface area contributed by atoms with E-state index < -0.39 is 17.6 Å². The van der Waals surface area contributed by atoms with E-state index in [1.807, 2.05) is 26.8 Å². The number of carbonyl (C=O) groups excluding carboxylic acids is 1. The van der Waals surface area contributed by atoms with E-state index in [-0.39, 0.29) is 18.2 Å². The number of carbonyl (C=O) groups is 1. The van der Waals surface area contributed by atoms with Gasteiger partial charge in [0.1, 0.15) is 13.7 Å². The largest absolute Gasteiger partial charge is 0.416 e. The molecule has 0 spiro atoms. The predicted molar refractivity (Wildman–Crippen MR) is 131 cm³/mol. The van der Waals surface area contributed by atoms with Crippen molar-refractivity contribution < 1.29 is 27.6 Å². The molecule has 0 aliphatic heterocycles. The lowest BCUT2D eigenvalue weighted by Gasteiger charge is -2.14. The van der Waals surface area contributed by atoms with Crippen LogP contribution in [0.5, 0.6) is 0 Å². The number of amides is 1. The Balaban J connectivity index is 0.00000210. The molecule has 0 heterocycles. The Morgan fingerprint density at radius 3 is 2.40 bits per heavy atom. The van der Waals surface area contributed by atoms with Crippen LogP contribution in [0.1, 0.15) is 72.9 Å². The maximum absolute atomic E-state index is 13.4. The summed E-state index contributed by atoms with van der Waals surface area (Å²) in [5.41, 5.74) is 2.76. The number of likely N-dealkylation sites (N-methyl/N-ethyl adjacent to an activating group) is 1. The molecule has 3 rings (SSSR count). The normalized spacial score (nSPS) is 14.1. The Hall–Kier alpha value is -3.36. The molecule has 2 aromatic carbocycles. The highest BCUT2D eigenvalue weighted by molar-refractivity contribution is 6.45. The van der Waals surface area contributed by atoms with E-state index >= 15 is 0 Å². The fraction of sp³-hybridized carbons (Fsp3) is 0.423. The zero-order valence-corrected chi connectivity index (χ0v) is 20.9. The molecule has 2 aromatic rings. The molecule has 0 aromatic heterocycles. The van der Waals surface area contributed by atoms with Crippen LogP contribution in [0, 0.1) is 6.92 Å². The number of hydrogen-bond acceptors (Lipinski definition) is 5. The first-order valence-corrected chi connectivity index (χ1v) is 11.5. The lowest BCUT2D eigenvalue weighted by molar-refractivity contribution is -0.137. The van der Waals surface area contributed by atoms with Gasteiger partial charge >= 0.3 is 6.18 Å². The lowest BCUT2D eigenvalue weighted by atomic mass is 9.98. The van der Waals surface area contributed by atoms with E-state index in [2.05, 4.69) is 15.6 Å². The van der Waals surface area contributed by atoms with Crippen molar-refractivity contribution in [2.24, 2.45) is 10.3 Å². The van der Waals surface area contributed by atoms with Gasteiger partial charge in [-0.3, -0.25) is 4.79 Å². The molecule has 9 heteroatoms. The van der Waals surface area contributed by atoms with Gasteiger partial charge in [0, 0.05) is 18.2 Å². The maximum Gasteiger partial charge on any atom is 0.416 e. The quantitative estimate of drug-likeness (QED) is 0.366. The Kier molecular flexibility index (Phi) is 9.86. The van der Waals surface area contributed by atoms with Crippen molar-refractivity contribution in [3.8, 4) is 0 Å². The number of nitrogens with one attached hydrogen (secondary N) is 1. The van der Waals surface area contributed by atoms with E-state index in [9.17, 15) is 18.0 Å². The third-order valence-electron chi connectivity index (χ3n) is 5.45. The average molecular weight is 492 g/mol. The summed E-state index contributed by atoms with van der Waals surface area (Å²) in [5.74, 6) is -0.266. The summed E-state index contributed by atoms with van der Waals surface area (Å²) >= 11 is 0. The summed E-state index contributed by atoms with van der Waals surface area (Å²) in [6.45, 7) is 7.45. The molecule has 0 saturated heterocycles. The average Bonchev–Trinajstić information content (AvgIpc) is 3.69. The molecule has 0 bridgehead atoms. The first kappa shape index (κ1) is 27.9. The molecule has 1 N–H and O–H groups in total. The van der Waals surface area contributed by atoms with Crippen LogP contribution in [0.4, 0.5) is 13.2 Å². The van der Waals surface area contributed by atoms with Gasteiger partial charge in [0.25, 0.3) is 5.91 Å². The van der Waals surface area contributed by atoms with Gasteiger partial charge in [-0.1, -0.05) is 42.4 Å². The smallest absolute Gasteiger partial charge is 0.398 e. The van der Waals surface area contributed by atoms with E-state index in [1.54, 1.807) is 25.1 Å². The molecule has 1 saturated carbocycles. The van der Waals surface area contributed by atoms with E-state index in [1.165, 1.54) is 20.2 Å². The number of aryl methyl sites for hydroxylation is 1. The fourth-order valence-corrected chi connectivity index (χ4v) is 3.46. The second-order valence-electron chi connectivity index (χ2n) is 7.87. The van der Waals surface area contributed by atoms with Gasteiger partial charge in [0.2, 0.25) is 0 Å². The van der Waals surface area contributed by atoms with Crippen molar-refractivity contribution in [1.29, 1.82) is 0 Å². The maximum atomic E-state index is 13.4. The van der Waals surface area contributed by atoms with Gasteiger partial charge in [0.15, 0.2) is 5.71 Å². The van der Waals surface area contributed by atoms with Crippen molar-refractivity contribution in [1.82, 2.24) is 5.32 Å².